The first-order chi connectivity index (χ1) is 9.00. The van der Waals surface area contributed by atoms with Crippen LogP contribution in [-0.4, -0.2) is 31.3 Å². The third kappa shape index (κ3) is 3.59. The van der Waals surface area contributed by atoms with E-state index in [4.69, 9.17) is 9.66 Å². The Hall–Kier alpha value is -0.910. The average Bonchev–Trinajstić information content (AvgIpc) is 2.26. The zero-order chi connectivity index (χ0) is 15.7. The summed E-state index contributed by atoms with van der Waals surface area (Å²) < 4.78 is 86.6. The number of ether oxygens (including phenoxy) is 1. The number of alkyl halides is 3. The number of hydrogen-bond acceptors (Lipinski definition) is 4. The van der Waals surface area contributed by atoms with Crippen LogP contribution in [0.2, 0.25) is 0 Å². The molecule has 0 aromatic heterocycles. The van der Waals surface area contributed by atoms with Crippen molar-refractivity contribution in [3.05, 3.63) is 21.9 Å². The van der Waals surface area contributed by atoms with Gasteiger partial charge in [-0.25, -0.2) is 4.39 Å². The van der Waals surface area contributed by atoms with E-state index in [-0.39, 0.29) is 0 Å². The Kier molecular flexibility index (Phi) is 5.00. The molecular weight excluding hydrogens is 376 g/mol. The predicted octanol–water partition coefficient (Wildman–Crippen LogP) is 2.22. The first-order valence-corrected chi connectivity index (χ1v) is 7.03. The highest BCUT2D eigenvalue weighted by molar-refractivity contribution is 9.10. The van der Waals surface area contributed by atoms with Gasteiger partial charge in [0.25, 0.3) is 10.1 Å². The fourth-order valence-corrected chi connectivity index (χ4v) is 2.60. The Morgan fingerprint density at radius 3 is 2.30 bits per heavy atom. The number of benzene rings is 1. The Labute approximate surface area is 119 Å². The highest BCUT2D eigenvalue weighted by Crippen LogP contribution is 2.44. The third-order valence-electron chi connectivity index (χ3n) is 2.04. The van der Waals surface area contributed by atoms with Gasteiger partial charge in [0.15, 0.2) is 5.82 Å². The fourth-order valence-electron chi connectivity index (χ4n) is 1.32. The van der Waals surface area contributed by atoms with Gasteiger partial charge in [0.2, 0.25) is 0 Å². The molecule has 20 heavy (non-hydrogen) atoms. The smallest absolute Gasteiger partial charge is 0.422 e. The summed E-state index contributed by atoms with van der Waals surface area (Å²) in [6.07, 6.45) is -5.27. The van der Waals surface area contributed by atoms with Gasteiger partial charge in [0.1, 0.15) is 22.8 Å². The molecule has 0 saturated carbocycles. The molecule has 114 valence electrons. The predicted molar refractivity (Wildman–Crippen MR) is 61.5 cm³/mol. The summed E-state index contributed by atoms with van der Waals surface area (Å²) in [5.41, 5.74) is -1.99. The molecule has 0 amide bonds. The maximum absolute atomic E-state index is 13.7. The second-order valence-electron chi connectivity index (χ2n) is 3.42. The Morgan fingerprint density at radius 2 is 1.90 bits per heavy atom. The van der Waals surface area contributed by atoms with E-state index in [1.807, 2.05) is 0 Å². The zero-order valence-corrected chi connectivity index (χ0v) is 11.8. The van der Waals surface area contributed by atoms with Crippen LogP contribution in [0.5, 0.6) is 5.75 Å². The summed E-state index contributed by atoms with van der Waals surface area (Å²) in [5, 5.41) is 8.51. The van der Waals surface area contributed by atoms with E-state index in [1.165, 1.54) is 0 Å². The van der Waals surface area contributed by atoms with Crippen molar-refractivity contribution in [3.63, 3.8) is 0 Å². The summed E-state index contributed by atoms with van der Waals surface area (Å²) in [4.78, 5) is -1.53. The lowest BCUT2D eigenvalue weighted by Gasteiger charge is -2.17. The first-order valence-electron chi connectivity index (χ1n) is 4.80. The number of hydrogen-bond donors (Lipinski definition) is 2. The Bertz CT molecular complexity index is 614. The molecule has 0 bridgehead atoms. The molecule has 11 heteroatoms. The maximum Gasteiger partial charge on any atom is 0.422 e. The molecule has 2 N–H and O–H groups in total. The van der Waals surface area contributed by atoms with Gasteiger partial charge in [-0.15, -0.1) is 0 Å². The molecule has 1 aromatic carbocycles. The molecule has 0 atom stereocenters. The third-order valence-corrected chi connectivity index (χ3v) is 3.48. The number of aliphatic hydroxyl groups is 1. The number of rotatable bonds is 4. The number of aliphatic hydroxyl groups excluding tert-OH is 1. The SMILES string of the molecule is O=S(=O)(O)c1cc(Br)c(OCCO)c(C(F)(F)F)c1F. The highest BCUT2D eigenvalue weighted by atomic mass is 79.9. The van der Waals surface area contributed by atoms with E-state index >= 15 is 0 Å². The van der Waals surface area contributed by atoms with Crippen molar-refractivity contribution in [2.45, 2.75) is 11.1 Å². The molecule has 0 unspecified atom stereocenters. The largest absolute Gasteiger partial charge is 0.489 e. The lowest BCUT2D eigenvalue weighted by Crippen LogP contribution is -2.16. The second kappa shape index (κ2) is 5.84. The topological polar surface area (TPSA) is 83.8 Å². The summed E-state index contributed by atoms with van der Waals surface area (Å²) in [6, 6.07) is 0.437. The van der Waals surface area contributed by atoms with E-state index in [2.05, 4.69) is 20.7 Å². The van der Waals surface area contributed by atoms with Crippen molar-refractivity contribution in [1.29, 1.82) is 0 Å². The van der Waals surface area contributed by atoms with Crippen molar-refractivity contribution >= 4 is 26.0 Å². The van der Waals surface area contributed by atoms with Crippen LogP contribution in [0.4, 0.5) is 17.6 Å². The van der Waals surface area contributed by atoms with Crippen molar-refractivity contribution < 1.29 is 40.4 Å². The molecule has 0 saturated heterocycles. The first kappa shape index (κ1) is 17.1. The van der Waals surface area contributed by atoms with Crippen LogP contribution >= 0.6 is 15.9 Å². The van der Waals surface area contributed by atoms with Crippen LogP contribution in [0.3, 0.4) is 0 Å². The van der Waals surface area contributed by atoms with Crippen LogP contribution in [0, 0.1) is 5.82 Å². The van der Waals surface area contributed by atoms with Crippen molar-refractivity contribution in [2.24, 2.45) is 0 Å². The molecule has 0 fully saturated rings. The quantitative estimate of drug-likeness (QED) is 0.616. The van der Waals surface area contributed by atoms with Crippen LogP contribution in [0.1, 0.15) is 5.56 Å². The second-order valence-corrected chi connectivity index (χ2v) is 5.66. The molecular formula is C9H7BrF4O5S. The normalized spacial score (nSPS) is 12.6. The summed E-state index contributed by atoms with van der Waals surface area (Å²) >= 11 is 2.60. The maximum atomic E-state index is 13.7. The van der Waals surface area contributed by atoms with Gasteiger partial charge in [-0.3, -0.25) is 4.55 Å². The number of halogens is 5. The molecule has 0 heterocycles. The van der Waals surface area contributed by atoms with Gasteiger partial charge in [0.05, 0.1) is 11.1 Å². The Morgan fingerprint density at radius 1 is 1.35 bits per heavy atom. The van der Waals surface area contributed by atoms with E-state index < -0.39 is 56.0 Å². The zero-order valence-electron chi connectivity index (χ0n) is 9.41. The Balaban J connectivity index is 3.68. The van der Waals surface area contributed by atoms with Crippen molar-refractivity contribution in [2.75, 3.05) is 13.2 Å². The van der Waals surface area contributed by atoms with Gasteiger partial charge in [0, 0.05) is 0 Å². The van der Waals surface area contributed by atoms with Gasteiger partial charge in [-0.1, -0.05) is 0 Å². The molecule has 0 aliphatic carbocycles. The lowest BCUT2D eigenvalue weighted by atomic mass is 10.2. The average molecular weight is 383 g/mol. The standard InChI is InChI=1S/C9H7BrF4O5S/c10-4-3-5(20(16,17)18)7(11)6(9(12,13)14)8(4)19-2-1-15/h3,15H,1-2H2,(H,16,17,18). The summed E-state index contributed by atoms with van der Waals surface area (Å²) in [6.45, 7) is -1.20. The summed E-state index contributed by atoms with van der Waals surface area (Å²) in [7, 11) is -5.19. The minimum Gasteiger partial charge on any atom is -0.489 e. The van der Waals surface area contributed by atoms with Crippen molar-refractivity contribution in [1.82, 2.24) is 0 Å². The van der Waals surface area contributed by atoms with Gasteiger partial charge in [-0.05, 0) is 22.0 Å². The molecule has 0 aliphatic heterocycles. The van der Waals surface area contributed by atoms with E-state index in [1.54, 1.807) is 0 Å². The van der Waals surface area contributed by atoms with Gasteiger partial charge >= 0.3 is 6.18 Å². The molecule has 1 aromatic rings. The lowest BCUT2D eigenvalue weighted by molar-refractivity contribution is -0.141. The molecule has 0 aliphatic rings. The molecule has 0 radical (unpaired) electrons. The fraction of sp³-hybridized carbons (Fsp3) is 0.333. The van der Waals surface area contributed by atoms with Crippen LogP contribution in [0.15, 0.2) is 15.4 Å². The molecule has 5 nitrogen and oxygen atoms in total. The monoisotopic (exact) mass is 382 g/mol. The minimum atomic E-state index is -5.27. The minimum absolute atomic E-state index is 0.437. The molecule has 1 rings (SSSR count). The van der Waals surface area contributed by atoms with Crippen molar-refractivity contribution in [3.8, 4) is 5.75 Å². The van der Waals surface area contributed by atoms with Crippen LogP contribution < -0.4 is 4.74 Å². The van der Waals surface area contributed by atoms with Gasteiger partial charge in [-0.2, -0.15) is 21.6 Å². The van der Waals surface area contributed by atoms with Crippen LogP contribution in [0.25, 0.3) is 0 Å². The van der Waals surface area contributed by atoms with E-state index in [9.17, 15) is 26.0 Å². The highest BCUT2D eigenvalue weighted by Gasteiger charge is 2.42. The van der Waals surface area contributed by atoms with E-state index in [0.717, 1.165) is 0 Å². The molecule has 0 spiro atoms. The summed E-state index contributed by atoms with van der Waals surface area (Å²) in [5.74, 6) is -3.20. The van der Waals surface area contributed by atoms with Gasteiger partial charge < -0.3 is 9.84 Å². The van der Waals surface area contributed by atoms with Crippen LogP contribution in [-0.2, 0) is 16.3 Å². The van der Waals surface area contributed by atoms with E-state index in [0.29, 0.717) is 6.07 Å².